The standard InChI is InChI=1S/C13H18O2Si/c1-9(14)15-12-10-7-5-6-8-11(10)13(12)16(2,3)4/h5-8,12-13H,1-4H3/i1D3. The minimum atomic E-state index is -2.69. The summed E-state index contributed by atoms with van der Waals surface area (Å²) in [5.74, 6) is -1.10. The second-order valence-electron chi connectivity index (χ2n) is 5.30. The highest BCUT2D eigenvalue weighted by molar-refractivity contribution is 6.78. The van der Waals surface area contributed by atoms with Gasteiger partial charge in [-0.25, -0.2) is 0 Å². The molecule has 0 bridgehead atoms. The lowest BCUT2D eigenvalue weighted by atomic mass is 9.84. The van der Waals surface area contributed by atoms with E-state index < -0.39 is 27.0 Å². The van der Waals surface area contributed by atoms with E-state index >= 15 is 0 Å². The van der Waals surface area contributed by atoms with Gasteiger partial charge in [0.15, 0.2) is 0 Å². The van der Waals surface area contributed by atoms with Gasteiger partial charge >= 0.3 is 5.97 Å². The monoisotopic (exact) mass is 237 g/mol. The highest BCUT2D eigenvalue weighted by Gasteiger charge is 2.46. The van der Waals surface area contributed by atoms with Crippen molar-refractivity contribution < 1.29 is 13.6 Å². The van der Waals surface area contributed by atoms with Gasteiger partial charge in [0.05, 0.1) is 8.07 Å². The largest absolute Gasteiger partial charge is 0.457 e. The molecular formula is C13H18O2Si. The number of carbonyl (C=O) groups is 1. The Morgan fingerprint density at radius 2 is 1.94 bits per heavy atom. The first kappa shape index (κ1) is 8.07. The summed E-state index contributed by atoms with van der Waals surface area (Å²) in [7, 11) is -1.57. The fourth-order valence-corrected chi connectivity index (χ4v) is 4.82. The number of rotatable bonds is 2. The Bertz CT molecular complexity index is 505. The molecule has 0 N–H and O–H groups in total. The van der Waals surface area contributed by atoms with Crippen LogP contribution in [0.5, 0.6) is 0 Å². The predicted molar refractivity (Wildman–Crippen MR) is 67.0 cm³/mol. The Hall–Kier alpha value is -1.09. The molecule has 2 atom stereocenters. The fourth-order valence-electron chi connectivity index (χ4n) is 2.47. The second kappa shape index (κ2) is 3.73. The number of carbonyl (C=O) groups excluding carboxylic acids is 1. The van der Waals surface area contributed by atoms with Crippen molar-refractivity contribution in [1.82, 2.24) is 0 Å². The molecule has 0 amide bonds. The molecule has 1 aliphatic rings. The number of fused-ring (bicyclic) bond motifs is 1. The van der Waals surface area contributed by atoms with Crippen LogP contribution in [0.4, 0.5) is 0 Å². The Morgan fingerprint density at radius 3 is 2.50 bits per heavy atom. The van der Waals surface area contributed by atoms with Crippen LogP contribution in [0.3, 0.4) is 0 Å². The van der Waals surface area contributed by atoms with E-state index in [0.29, 0.717) is 0 Å². The quantitative estimate of drug-likeness (QED) is 0.583. The molecule has 2 nitrogen and oxygen atoms in total. The maximum atomic E-state index is 11.6. The van der Waals surface area contributed by atoms with Gasteiger partial charge in [-0.3, -0.25) is 4.79 Å². The SMILES string of the molecule is [2H]C([2H])([2H])C(=O)OC1c2ccccc2C1[Si](C)(C)C. The number of esters is 1. The Balaban J connectivity index is 2.28. The molecule has 2 rings (SSSR count). The number of benzene rings is 1. The highest BCUT2D eigenvalue weighted by atomic mass is 28.3. The first-order valence-electron chi connectivity index (χ1n) is 6.92. The molecule has 0 aliphatic heterocycles. The molecule has 0 heterocycles. The van der Waals surface area contributed by atoms with E-state index in [1.165, 1.54) is 5.56 Å². The summed E-state index contributed by atoms with van der Waals surface area (Å²) in [6, 6.07) is 7.80. The summed E-state index contributed by atoms with van der Waals surface area (Å²) < 4.78 is 26.6. The predicted octanol–water partition coefficient (Wildman–Crippen LogP) is 3.27. The summed E-state index contributed by atoms with van der Waals surface area (Å²) in [6.07, 6.45) is -0.393. The zero-order valence-electron chi connectivity index (χ0n) is 12.8. The van der Waals surface area contributed by atoms with Crippen LogP contribution in [0.15, 0.2) is 24.3 Å². The molecule has 1 aliphatic carbocycles. The van der Waals surface area contributed by atoms with E-state index in [0.717, 1.165) is 5.56 Å². The number of hydrogen-bond donors (Lipinski definition) is 0. The Morgan fingerprint density at radius 1 is 1.31 bits per heavy atom. The van der Waals surface area contributed by atoms with Crippen molar-refractivity contribution in [3.8, 4) is 0 Å². The van der Waals surface area contributed by atoms with Crippen LogP contribution in [0, 0.1) is 0 Å². The summed E-state index contributed by atoms with van der Waals surface area (Å²) in [4.78, 5) is 11.6. The lowest BCUT2D eigenvalue weighted by molar-refractivity contribution is -0.148. The van der Waals surface area contributed by atoms with Gasteiger partial charge in [-0.1, -0.05) is 43.9 Å². The Kier molecular flexibility index (Phi) is 1.88. The van der Waals surface area contributed by atoms with Crippen LogP contribution in [0.1, 0.15) is 33.7 Å². The van der Waals surface area contributed by atoms with Crippen molar-refractivity contribution in [3.05, 3.63) is 35.4 Å². The van der Waals surface area contributed by atoms with Gasteiger partial charge in [0, 0.05) is 16.5 Å². The van der Waals surface area contributed by atoms with Crippen molar-refractivity contribution >= 4 is 14.0 Å². The number of hydrogen-bond acceptors (Lipinski definition) is 2. The Labute approximate surface area is 102 Å². The minimum absolute atomic E-state index is 0.176. The van der Waals surface area contributed by atoms with Crippen molar-refractivity contribution in [3.63, 3.8) is 0 Å². The minimum Gasteiger partial charge on any atom is -0.457 e. The smallest absolute Gasteiger partial charge is 0.303 e. The van der Waals surface area contributed by atoms with E-state index in [4.69, 9.17) is 8.85 Å². The van der Waals surface area contributed by atoms with E-state index in [1.54, 1.807) is 0 Å². The summed E-state index contributed by atoms with van der Waals surface area (Å²) in [5.41, 5.74) is 2.33. The molecule has 0 aromatic heterocycles. The van der Waals surface area contributed by atoms with Gasteiger partial charge in [-0.15, -0.1) is 0 Å². The third-order valence-electron chi connectivity index (χ3n) is 3.11. The van der Waals surface area contributed by atoms with Gasteiger partial charge in [-0.05, 0) is 11.1 Å². The summed E-state index contributed by atoms with van der Waals surface area (Å²) in [6.45, 7) is 3.91. The molecule has 0 radical (unpaired) electrons. The van der Waals surface area contributed by atoms with Gasteiger partial charge in [-0.2, -0.15) is 0 Å². The van der Waals surface area contributed by atoms with Crippen molar-refractivity contribution in [1.29, 1.82) is 0 Å². The molecule has 86 valence electrons. The molecule has 1 aromatic carbocycles. The van der Waals surface area contributed by atoms with Gasteiger partial charge in [0.2, 0.25) is 0 Å². The van der Waals surface area contributed by atoms with Gasteiger partial charge < -0.3 is 4.74 Å². The highest BCUT2D eigenvalue weighted by Crippen LogP contribution is 2.51. The third kappa shape index (κ3) is 1.80. The van der Waals surface area contributed by atoms with Gasteiger partial charge in [0.25, 0.3) is 0 Å². The normalized spacial score (nSPS) is 26.8. The van der Waals surface area contributed by atoms with Crippen molar-refractivity contribution in [2.75, 3.05) is 0 Å². The molecule has 1 aromatic rings. The topological polar surface area (TPSA) is 26.3 Å². The molecule has 2 unspecified atom stereocenters. The molecule has 0 saturated heterocycles. The van der Waals surface area contributed by atoms with E-state index in [2.05, 4.69) is 19.6 Å². The average Bonchev–Trinajstić information content (AvgIpc) is 2.22. The average molecular weight is 237 g/mol. The van der Waals surface area contributed by atoms with Crippen LogP contribution in [-0.4, -0.2) is 14.0 Å². The van der Waals surface area contributed by atoms with Gasteiger partial charge in [0.1, 0.15) is 6.10 Å². The zero-order chi connectivity index (χ0) is 14.4. The van der Waals surface area contributed by atoms with Crippen LogP contribution >= 0.6 is 0 Å². The van der Waals surface area contributed by atoms with Crippen LogP contribution in [0.25, 0.3) is 0 Å². The maximum absolute atomic E-state index is 11.6. The molecule has 16 heavy (non-hydrogen) atoms. The van der Waals surface area contributed by atoms with E-state index in [1.807, 2.05) is 24.3 Å². The fraction of sp³-hybridized carbons (Fsp3) is 0.462. The lowest BCUT2D eigenvalue weighted by Crippen LogP contribution is -2.43. The summed E-state index contributed by atoms with van der Waals surface area (Å²) in [5, 5.41) is 0. The van der Waals surface area contributed by atoms with Crippen LogP contribution in [-0.2, 0) is 9.53 Å². The molecule has 0 saturated carbocycles. The van der Waals surface area contributed by atoms with Crippen molar-refractivity contribution in [2.24, 2.45) is 0 Å². The maximum Gasteiger partial charge on any atom is 0.303 e. The third-order valence-corrected chi connectivity index (χ3v) is 5.59. The zero-order valence-corrected chi connectivity index (χ0v) is 10.8. The molecule has 0 fully saturated rings. The van der Waals surface area contributed by atoms with E-state index in [-0.39, 0.29) is 5.54 Å². The van der Waals surface area contributed by atoms with E-state index in [9.17, 15) is 4.79 Å². The molecule has 0 spiro atoms. The number of ether oxygens (including phenoxy) is 1. The molecular weight excluding hydrogens is 216 g/mol. The second-order valence-corrected chi connectivity index (χ2v) is 10.7. The lowest BCUT2D eigenvalue weighted by Gasteiger charge is -2.45. The van der Waals surface area contributed by atoms with Crippen molar-refractivity contribution in [2.45, 2.75) is 38.1 Å². The summed E-state index contributed by atoms with van der Waals surface area (Å²) >= 11 is 0. The molecule has 3 heteroatoms. The first-order chi connectivity index (χ1) is 8.62. The first-order valence-corrected chi connectivity index (χ1v) is 9.00. The van der Waals surface area contributed by atoms with Crippen LogP contribution in [0.2, 0.25) is 19.6 Å². The van der Waals surface area contributed by atoms with Crippen LogP contribution < -0.4 is 0 Å².